The highest BCUT2D eigenvalue weighted by molar-refractivity contribution is 7.10. The zero-order valence-electron chi connectivity index (χ0n) is 13.1. The number of rotatable bonds is 7. The summed E-state index contributed by atoms with van der Waals surface area (Å²) in [4.78, 5) is 13.4. The van der Waals surface area contributed by atoms with Crippen LogP contribution in [0.15, 0.2) is 41.8 Å². The summed E-state index contributed by atoms with van der Waals surface area (Å²) in [5.41, 5.74) is -0.469. The van der Waals surface area contributed by atoms with Gasteiger partial charge in [0.15, 0.2) is 0 Å². The molecule has 1 atom stereocenters. The van der Waals surface area contributed by atoms with Crippen LogP contribution in [0.25, 0.3) is 0 Å². The molecule has 1 aliphatic rings. The molecule has 23 heavy (non-hydrogen) atoms. The summed E-state index contributed by atoms with van der Waals surface area (Å²) in [5.74, 6) is 0.576. The lowest BCUT2D eigenvalue weighted by atomic mass is 9.95. The molecule has 122 valence electrons. The molecule has 3 rings (SSSR count). The van der Waals surface area contributed by atoms with Crippen molar-refractivity contribution >= 4 is 17.2 Å². The molecule has 0 aliphatic heterocycles. The van der Waals surface area contributed by atoms with E-state index in [0.717, 1.165) is 17.7 Å². The first-order valence-electron chi connectivity index (χ1n) is 7.91. The van der Waals surface area contributed by atoms with Crippen LogP contribution in [0.4, 0.5) is 0 Å². The van der Waals surface area contributed by atoms with Gasteiger partial charge in [0.1, 0.15) is 11.4 Å². The first kappa shape index (κ1) is 16.0. The largest absolute Gasteiger partial charge is 0.493 e. The molecule has 0 radical (unpaired) electrons. The van der Waals surface area contributed by atoms with Crippen molar-refractivity contribution in [2.75, 3.05) is 13.2 Å². The minimum atomic E-state index is -0.968. The fourth-order valence-electron chi connectivity index (χ4n) is 2.76. The molecule has 0 spiro atoms. The third-order valence-corrected chi connectivity index (χ3v) is 5.19. The van der Waals surface area contributed by atoms with E-state index in [1.165, 1.54) is 11.3 Å². The Bertz CT molecular complexity index is 667. The van der Waals surface area contributed by atoms with Crippen LogP contribution in [-0.4, -0.2) is 24.2 Å². The van der Waals surface area contributed by atoms with Crippen molar-refractivity contribution in [1.29, 1.82) is 0 Å². The summed E-state index contributed by atoms with van der Waals surface area (Å²) in [7, 11) is 0. The molecule has 4 nitrogen and oxygen atoms in total. The number of nitrogens with one attached hydrogen (secondary N) is 1. The predicted molar refractivity (Wildman–Crippen MR) is 90.9 cm³/mol. The van der Waals surface area contributed by atoms with Gasteiger partial charge in [-0.3, -0.25) is 4.79 Å². The minimum Gasteiger partial charge on any atom is -0.493 e. The molecule has 1 amide bonds. The first-order valence-corrected chi connectivity index (χ1v) is 8.79. The lowest BCUT2D eigenvalue weighted by Gasteiger charge is -2.27. The van der Waals surface area contributed by atoms with Crippen LogP contribution >= 0.6 is 11.3 Å². The summed E-state index contributed by atoms with van der Waals surface area (Å²) in [6.45, 7) is 2.61. The number of carbonyl (C=O) groups is 1. The molecule has 1 fully saturated rings. The normalized spacial score (nSPS) is 16.6. The Hall–Kier alpha value is -1.85. The van der Waals surface area contributed by atoms with Crippen molar-refractivity contribution in [3.05, 3.63) is 52.2 Å². The molecule has 2 aromatic rings. The highest BCUT2D eigenvalue weighted by Crippen LogP contribution is 2.46. The zero-order chi connectivity index (χ0) is 16.3. The number of amides is 1. The number of hydrogen-bond acceptors (Lipinski definition) is 4. The second kappa shape index (κ2) is 6.72. The van der Waals surface area contributed by atoms with E-state index in [-0.39, 0.29) is 18.4 Å². The number of thiophene rings is 1. The van der Waals surface area contributed by atoms with Crippen LogP contribution in [0.1, 0.15) is 35.0 Å². The highest BCUT2D eigenvalue weighted by Gasteiger charge is 2.46. The average Bonchev–Trinajstić information content (AvgIpc) is 3.28. The van der Waals surface area contributed by atoms with E-state index < -0.39 is 5.60 Å². The molecule has 2 N–H and O–H groups in total. The van der Waals surface area contributed by atoms with Crippen LogP contribution in [0, 0.1) is 5.92 Å². The number of hydrogen-bond donors (Lipinski definition) is 2. The minimum absolute atomic E-state index is 0.218. The van der Waals surface area contributed by atoms with Gasteiger partial charge in [-0.2, -0.15) is 0 Å². The lowest BCUT2D eigenvalue weighted by molar-refractivity contribution is 0.0169. The second-order valence-electron chi connectivity index (χ2n) is 5.79. The molecule has 0 saturated heterocycles. The summed E-state index contributed by atoms with van der Waals surface area (Å²) < 4.78 is 5.50. The zero-order valence-corrected chi connectivity index (χ0v) is 13.9. The summed E-state index contributed by atoms with van der Waals surface area (Å²) >= 11 is 1.53. The van der Waals surface area contributed by atoms with Gasteiger partial charge in [0.25, 0.3) is 5.91 Å². The van der Waals surface area contributed by atoms with Crippen LogP contribution in [0.3, 0.4) is 0 Å². The molecule has 1 aromatic heterocycles. The molecular weight excluding hydrogens is 310 g/mol. The molecule has 1 aromatic carbocycles. The smallest absolute Gasteiger partial charge is 0.255 e. The Morgan fingerprint density at radius 3 is 2.78 bits per heavy atom. The topological polar surface area (TPSA) is 58.6 Å². The van der Waals surface area contributed by atoms with Crippen molar-refractivity contribution in [3.63, 3.8) is 0 Å². The van der Waals surface area contributed by atoms with E-state index in [0.29, 0.717) is 17.9 Å². The lowest BCUT2D eigenvalue weighted by Crippen LogP contribution is -2.42. The van der Waals surface area contributed by atoms with Gasteiger partial charge in [0, 0.05) is 4.88 Å². The Kier molecular flexibility index (Phi) is 4.68. The molecule has 5 heteroatoms. The monoisotopic (exact) mass is 331 g/mol. The third-order valence-electron chi connectivity index (χ3n) is 4.15. The van der Waals surface area contributed by atoms with Crippen molar-refractivity contribution in [3.8, 4) is 5.75 Å². The van der Waals surface area contributed by atoms with Gasteiger partial charge in [-0.15, -0.1) is 11.3 Å². The van der Waals surface area contributed by atoms with E-state index in [4.69, 9.17) is 4.74 Å². The number of carbonyl (C=O) groups excluding carboxylic acids is 1. The van der Waals surface area contributed by atoms with Gasteiger partial charge in [0.05, 0.1) is 18.7 Å². The van der Waals surface area contributed by atoms with E-state index in [2.05, 4.69) is 5.32 Å². The van der Waals surface area contributed by atoms with Crippen molar-refractivity contribution in [2.45, 2.75) is 25.4 Å². The van der Waals surface area contributed by atoms with Crippen LogP contribution in [-0.2, 0) is 5.60 Å². The first-order chi connectivity index (χ1) is 11.1. The molecule has 1 saturated carbocycles. The SMILES string of the molecule is CCOc1ccccc1C(=O)NCC(O)(c1cccs1)C1CC1. The molecular formula is C18H21NO3S. The third kappa shape index (κ3) is 3.41. The van der Waals surface area contributed by atoms with E-state index in [1.807, 2.05) is 36.6 Å². The second-order valence-corrected chi connectivity index (χ2v) is 6.74. The van der Waals surface area contributed by atoms with Crippen LogP contribution in [0.5, 0.6) is 5.75 Å². The Morgan fingerprint density at radius 2 is 2.13 bits per heavy atom. The summed E-state index contributed by atoms with van der Waals surface area (Å²) in [5, 5.41) is 15.9. The summed E-state index contributed by atoms with van der Waals surface area (Å²) in [6.07, 6.45) is 2.00. The van der Waals surface area contributed by atoms with Gasteiger partial charge in [-0.25, -0.2) is 0 Å². The maximum atomic E-state index is 12.5. The van der Waals surface area contributed by atoms with Gasteiger partial charge in [0.2, 0.25) is 0 Å². The Balaban J connectivity index is 1.73. The van der Waals surface area contributed by atoms with Gasteiger partial charge in [-0.1, -0.05) is 18.2 Å². The number of aliphatic hydroxyl groups is 1. The molecule has 0 bridgehead atoms. The van der Waals surface area contributed by atoms with Gasteiger partial charge in [-0.05, 0) is 49.3 Å². The number of para-hydroxylation sites is 1. The Morgan fingerprint density at radius 1 is 1.35 bits per heavy atom. The Labute approximate surface area is 140 Å². The van der Waals surface area contributed by atoms with E-state index in [1.54, 1.807) is 12.1 Å². The standard InChI is InChI=1S/C18H21NO3S/c1-2-22-15-7-4-3-6-14(15)17(20)19-12-18(21,13-9-10-13)16-8-5-11-23-16/h3-8,11,13,21H,2,9-10,12H2,1H3,(H,19,20). The fourth-order valence-corrected chi connectivity index (χ4v) is 3.67. The number of ether oxygens (including phenoxy) is 1. The number of benzene rings is 1. The predicted octanol–water partition coefficient (Wildman–Crippen LogP) is 3.17. The van der Waals surface area contributed by atoms with E-state index in [9.17, 15) is 9.90 Å². The van der Waals surface area contributed by atoms with Crippen molar-refractivity contribution in [1.82, 2.24) is 5.32 Å². The van der Waals surface area contributed by atoms with Crippen LogP contribution in [0.2, 0.25) is 0 Å². The van der Waals surface area contributed by atoms with Crippen LogP contribution < -0.4 is 10.1 Å². The maximum absolute atomic E-state index is 12.5. The maximum Gasteiger partial charge on any atom is 0.255 e. The van der Waals surface area contributed by atoms with E-state index >= 15 is 0 Å². The highest BCUT2D eigenvalue weighted by atomic mass is 32.1. The van der Waals surface area contributed by atoms with Gasteiger partial charge < -0.3 is 15.2 Å². The molecule has 1 heterocycles. The van der Waals surface area contributed by atoms with Crippen molar-refractivity contribution in [2.24, 2.45) is 5.92 Å². The summed E-state index contributed by atoms with van der Waals surface area (Å²) in [6, 6.07) is 11.0. The fraction of sp³-hybridized carbons (Fsp3) is 0.389. The molecule has 1 unspecified atom stereocenters. The quantitative estimate of drug-likeness (QED) is 0.819. The average molecular weight is 331 g/mol. The van der Waals surface area contributed by atoms with Crippen molar-refractivity contribution < 1.29 is 14.6 Å². The van der Waals surface area contributed by atoms with Gasteiger partial charge >= 0.3 is 0 Å². The molecule has 1 aliphatic carbocycles.